The van der Waals surface area contributed by atoms with Crippen LogP contribution in [0.25, 0.3) is 0 Å². The summed E-state index contributed by atoms with van der Waals surface area (Å²) in [6.07, 6.45) is 0. The summed E-state index contributed by atoms with van der Waals surface area (Å²) in [5, 5.41) is 0.735. The fourth-order valence-corrected chi connectivity index (χ4v) is 3.21. The topological polar surface area (TPSA) is 42.4 Å². The quantitative estimate of drug-likeness (QED) is 0.877. The zero-order valence-corrected chi connectivity index (χ0v) is 10.8. The van der Waals surface area contributed by atoms with Gasteiger partial charge in [-0.2, -0.15) is 11.8 Å². The standard InChI is InChI=1S/C12H20N2OS/c1-9-5-11(15-12(9)6-13)8-14-3-4-16-10(2)7-14/h5,10H,3-4,6-8,13H2,1-2H3. The van der Waals surface area contributed by atoms with Crippen LogP contribution in [0.1, 0.15) is 24.0 Å². The largest absolute Gasteiger partial charge is 0.463 e. The highest BCUT2D eigenvalue weighted by molar-refractivity contribution is 7.99. The average molecular weight is 240 g/mol. The Hall–Kier alpha value is -0.450. The molecule has 16 heavy (non-hydrogen) atoms. The maximum atomic E-state index is 5.73. The summed E-state index contributed by atoms with van der Waals surface area (Å²) in [7, 11) is 0. The maximum absolute atomic E-state index is 5.73. The second-order valence-electron chi connectivity index (χ2n) is 4.44. The van der Waals surface area contributed by atoms with E-state index in [0.717, 1.165) is 36.4 Å². The molecule has 1 aromatic rings. The Morgan fingerprint density at radius 2 is 2.44 bits per heavy atom. The second-order valence-corrected chi connectivity index (χ2v) is 5.99. The van der Waals surface area contributed by atoms with Crippen LogP contribution in [0, 0.1) is 6.92 Å². The SMILES string of the molecule is Cc1cc(CN2CCSC(C)C2)oc1CN. The number of rotatable bonds is 3. The highest BCUT2D eigenvalue weighted by Crippen LogP contribution is 2.21. The van der Waals surface area contributed by atoms with E-state index >= 15 is 0 Å². The minimum atomic E-state index is 0.498. The summed E-state index contributed by atoms with van der Waals surface area (Å²) in [6.45, 7) is 8.08. The Morgan fingerprint density at radius 1 is 1.62 bits per heavy atom. The van der Waals surface area contributed by atoms with E-state index in [1.54, 1.807) is 0 Å². The maximum Gasteiger partial charge on any atom is 0.120 e. The number of aryl methyl sites for hydroxylation is 1. The number of nitrogens with two attached hydrogens (primary N) is 1. The molecule has 2 heterocycles. The molecule has 1 aliphatic heterocycles. The van der Waals surface area contributed by atoms with Crippen LogP contribution in [0.4, 0.5) is 0 Å². The molecule has 1 aromatic heterocycles. The molecular formula is C12H20N2OS. The van der Waals surface area contributed by atoms with Crippen LogP contribution >= 0.6 is 11.8 Å². The average Bonchev–Trinajstić information content (AvgIpc) is 2.58. The molecular weight excluding hydrogens is 220 g/mol. The molecule has 0 bridgehead atoms. The van der Waals surface area contributed by atoms with Crippen molar-refractivity contribution in [1.82, 2.24) is 4.90 Å². The van der Waals surface area contributed by atoms with Gasteiger partial charge in [-0.15, -0.1) is 0 Å². The van der Waals surface area contributed by atoms with E-state index in [4.69, 9.17) is 10.2 Å². The van der Waals surface area contributed by atoms with E-state index in [1.165, 1.54) is 11.3 Å². The number of hydrogen-bond donors (Lipinski definition) is 1. The van der Waals surface area contributed by atoms with Crippen molar-refractivity contribution in [2.45, 2.75) is 32.2 Å². The van der Waals surface area contributed by atoms with Gasteiger partial charge in [-0.05, 0) is 18.6 Å². The van der Waals surface area contributed by atoms with Crippen molar-refractivity contribution in [1.29, 1.82) is 0 Å². The van der Waals surface area contributed by atoms with Crippen LogP contribution in [-0.4, -0.2) is 29.0 Å². The number of furan rings is 1. The van der Waals surface area contributed by atoms with Crippen LogP contribution in [0.5, 0.6) is 0 Å². The van der Waals surface area contributed by atoms with Gasteiger partial charge in [0.05, 0.1) is 13.1 Å². The molecule has 0 amide bonds. The minimum absolute atomic E-state index is 0.498. The summed E-state index contributed by atoms with van der Waals surface area (Å²) >= 11 is 2.05. The molecule has 1 unspecified atom stereocenters. The van der Waals surface area contributed by atoms with Gasteiger partial charge in [0.2, 0.25) is 0 Å². The van der Waals surface area contributed by atoms with Gasteiger partial charge in [0.25, 0.3) is 0 Å². The first-order valence-corrected chi connectivity index (χ1v) is 6.86. The van der Waals surface area contributed by atoms with Crippen molar-refractivity contribution in [2.75, 3.05) is 18.8 Å². The zero-order chi connectivity index (χ0) is 11.5. The Kier molecular flexibility index (Phi) is 3.95. The van der Waals surface area contributed by atoms with Crippen LogP contribution in [0.15, 0.2) is 10.5 Å². The molecule has 0 spiro atoms. The number of hydrogen-bond acceptors (Lipinski definition) is 4. The van der Waals surface area contributed by atoms with E-state index in [9.17, 15) is 0 Å². The third-order valence-corrected chi connectivity index (χ3v) is 4.10. The Morgan fingerprint density at radius 3 is 3.06 bits per heavy atom. The molecule has 0 aliphatic carbocycles. The van der Waals surface area contributed by atoms with Crippen LogP contribution in [-0.2, 0) is 13.1 Å². The fraction of sp³-hybridized carbons (Fsp3) is 0.667. The monoisotopic (exact) mass is 240 g/mol. The Balaban J connectivity index is 1.97. The predicted octanol–water partition coefficient (Wildman–Crippen LogP) is 1.98. The van der Waals surface area contributed by atoms with Gasteiger partial charge >= 0.3 is 0 Å². The zero-order valence-electron chi connectivity index (χ0n) is 10.0. The van der Waals surface area contributed by atoms with Crippen molar-refractivity contribution in [2.24, 2.45) is 5.73 Å². The fourth-order valence-electron chi connectivity index (χ4n) is 2.13. The lowest BCUT2D eigenvalue weighted by Gasteiger charge is -2.29. The molecule has 4 heteroatoms. The summed E-state index contributed by atoms with van der Waals surface area (Å²) in [5.41, 5.74) is 6.79. The van der Waals surface area contributed by atoms with Gasteiger partial charge in [-0.1, -0.05) is 6.92 Å². The summed E-state index contributed by atoms with van der Waals surface area (Å²) in [6, 6.07) is 2.12. The van der Waals surface area contributed by atoms with Crippen LogP contribution < -0.4 is 5.73 Å². The van der Waals surface area contributed by atoms with Crippen molar-refractivity contribution in [3.63, 3.8) is 0 Å². The van der Waals surface area contributed by atoms with E-state index in [0.29, 0.717) is 6.54 Å². The smallest absolute Gasteiger partial charge is 0.120 e. The van der Waals surface area contributed by atoms with Crippen molar-refractivity contribution in [3.05, 3.63) is 23.2 Å². The molecule has 2 rings (SSSR count). The molecule has 2 N–H and O–H groups in total. The molecule has 1 fully saturated rings. The number of nitrogens with zero attached hydrogens (tertiary/aromatic N) is 1. The van der Waals surface area contributed by atoms with E-state index in [2.05, 4.69) is 36.6 Å². The van der Waals surface area contributed by atoms with Gasteiger partial charge in [-0.25, -0.2) is 0 Å². The Labute approximate surface area is 101 Å². The van der Waals surface area contributed by atoms with Gasteiger partial charge in [0.15, 0.2) is 0 Å². The summed E-state index contributed by atoms with van der Waals surface area (Å²) in [5.74, 6) is 3.21. The lowest BCUT2D eigenvalue weighted by atomic mass is 10.2. The predicted molar refractivity (Wildman–Crippen MR) is 68.5 cm³/mol. The van der Waals surface area contributed by atoms with Crippen molar-refractivity contribution < 1.29 is 4.42 Å². The molecule has 1 atom stereocenters. The molecule has 1 saturated heterocycles. The molecule has 0 radical (unpaired) electrons. The highest BCUT2D eigenvalue weighted by atomic mass is 32.2. The van der Waals surface area contributed by atoms with E-state index in [-0.39, 0.29) is 0 Å². The lowest BCUT2D eigenvalue weighted by molar-refractivity contribution is 0.252. The first kappa shape index (κ1) is 12.0. The molecule has 1 aliphatic rings. The molecule has 3 nitrogen and oxygen atoms in total. The first-order valence-electron chi connectivity index (χ1n) is 5.81. The third kappa shape index (κ3) is 2.81. The van der Waals surface area contributed by atoms with Crippen LogP contribution in [0.3, 0.4) is 0 Å². The van der Waals surface area contributed by atoms with Gasteiger partial charge in [-0.3, -0.25) is 4.90 Å². The minimum Gasteiger partial charge on any atom is -0.463 e. The normalized spacial score (nSPS) is 22.6. The second kappa shape index (κ2) is 5.25. The number of thioether (sulfide) groups is 1. The molecule has 0 saturated carbocycles. The third-order valence-electron chi connectivity index (χ3n) is 2.96. The highest BCUT2D eigenvalue weighted by Gasteiger charge is 2.18. The lowest BCUT2D eigenvalue weighted by Crippen LogP contribution is -2.35. The first-order chi connectivity index (χ1) is 7.69. The van der Waals surface area contributed by atoms with E-state index < -0.39 is 0 Å². The molecule has 90 valence electrons. The molecule has 0 aromatic carbocycles. The summed E-state index contributed by atoms with van der Waals surface area (Å²) < 4.78 is 5.73. The van der Waals surface area contributed by atoms with Gasteiger partial charge in [0, 0.05) is 24.1 Å². The van der Waals surface area contributed by atoms with Gasteiger partial charge < -0.3 is 10.2 Å². The van der Waals surface area contributed by atoms with Crippen molar-refractivity contribution >= 4 is 11.8 Å². The summed E-state index contributed by atoms with van der Waals surface area (Å²) in [4.78, 5) is 2.46. The van der Waals surface area contributed by atoms with E-state index in [1.807, 2.05) is 0 Å². The van der Waals surface area contributed by atoms with Gasteiger partial charge in [0.1, 0.15) is 11.5 Å². The van der Waals surface area contributed by atoms with Crippen molar-refractivity contribution in [3.8, 4) is 0 Å². The Bertz CT molecular complexity index is 351. The van der Waals surface area contributed by atoms with Crippen LogP contribution in [0.2, 0.25) is 0 Å².